The Morgan fingerprint density at radius 2 is 1.45 bits per heavy atom. The Morgan fingerprint density at radius 1 is 0.784 bits per heavy atom. The Morgan fingerprint density at radius 3 is 2.14 bits per heavy atom. The second kappa shape index (κ2) is 16.7. The van der Waals surface area contributed by atoms with Gasteiger partial charge in [0.2, 0.25) is 5.91 Å². The van der Waals surface area contributed by atoms with E-state index < -0.39 is 17.1 Å². The summed E-state index contributed by atoms with van der Waals surface area (Å²) in [6.07, 6.45) is 1.64. The Kier molecular flexibility index (Phi) is 11.7. The second-order valence-electron chi connectivity index (χ2n) is 11.3. The van der Waals surface area contributed by atoms with Crippen LogP contribution in [0.25, 0.3) is 28.5 Å². The third-order valence-electron chi connectivity index (χ3n) is 7.59. The van der Waals surface area contributed by atoms with E-state index in [9.17, 15) is 14.4 Å². The molecule has 1 heterocycles. The van der Waals surface area contributed by atoms with Crippen LogP contribution in [-0.4, -0.2) is 28.0 Å². The first-order chi connectivity index (χ1) is 24.7. The predicted molar refractivity (Wildman–Crippen MR) is 210 cm³/mol. The molecule has 0 radical (unpaired) electrons. The molecule has 1 aromatic heterocycles. The van der Waals surface area contributed by atoms with Crippen molar-refractivity contribution in [2.45, 2.75) is 17.1 Å². The molecule has 0 bridgehead atoms. The summed E-state index contributed by atoms with van der Waals surface area (Å²) in [5.41, 5.74) is 5.27. The molecule has 0 aliphatic heterocycles. The minimum atomic E-state index is -0.484. The van der Waals surface area contributed by atoms with Crippen LogP contribution in [0.1, 0.15) is 22.8 Å². The number of nitrogens with zero attached hydrogens (tertiary/aromatic N) is 1. The number of aromatic nitrogens is 1. The molecule has 3 amide bonds. The van der Waals surface area contributed by atoms with E-state index in [1.807, 2.05) is 78.2 Å². The van der Waals surface area contributed by atoms with Crippen LogP contribution in [0.2, 0.25) is 10.0 Å². The van der Waals surface area contributed by atoms with Crippen molar-refractivity contribution in [3.8, 4) is 22.4 Å². The molecule has 254 valence electrons. The van der Waals surface area contributed by atoms with Crippen LogP contribution in [0.3, 0.4) is 0 Å². The number of anilines is 2. The average Bonchev–Trinajstić information content (AvgIpc) is 3.61. The largest absolute Gasteiger partial charge is 0.321 e. The van der Waals surface area contributed by atoms with Gasteiger partial charge in [-0.2, -0.15) is 0 Å². The minimum absolute atomic E-state index is 0.0868. The fraction of sp³-hybridized carbons (Fsp3) is 0.0500. The lowest BCUT2D eigenvalue weighted by Crippen LogP contribution is -2.30. The summed E-state index contributed by atoms with van der Waals surface area (Å²) in [5, 5.41) is 11.4. The van der Waals surface area contributed by atoms with E-state index in [0.29, 0.717) is 32.1 Å². The lowest BCUT2D eigenvalue weighted by molar-refractivity contribution is -0.115. The molecule has 6 aromatic rings. The molecule has 0 aliphatic rings. The molecule has 5 aromatic carbocycles. The van der Waals surface area contributed by atoms with E-state index in [-0.39, 0.29) is 11.6 Å². The Labute approximate surface area is 313 Å². The van der Waals surface area contributed by atoms with Gasteiger partial charge in [-0.3, -0.25) is 14.4 Å². The molecular formula is C40H30Cl2N4O3S2. The molecule has 6 rings (SSSR count). The number of nitrogens with one attached hydrogen (secondary N) is 3. The van der Waals surface area contributed by atoms with Gasteiger partial charge in [-0.25, -0.2) is 4.98 Å². The second-order valence-corrected chi connectivity index (χ2v) is 14.4. The van der Waals surface area contributed by atoms with Crippen molar-refractivity contribution in [3.63, 3.8) is 0 Å². The van der Waals surface area contributed by atoms with E-state index in [2.05, 4.69) is 20.9 Å². The van der Waals surface area contributed by atoms with Crippen molar-refractivity contribution in [2.24, 2.45) is 0 Å². The summed E-state index contributed by atoms with van der Waals surface area (Å²) in [5.74, 6) is -1.09. The number of benzene rings is 5. The maximum absolute atomic E-state index is 13.6. The molecule has 0 spiro atoms. The highest BCUT2D eigenvalue weighted by Gasteiger charge is 2.18. The number of hydrogen-bond acceptors (Lipinski definition) is 6. The van der Waals surface area contributed by atoms with Crippen LogP contribution in [0, 0.1) is 0 Å². The van der Waals surface area contributed by atoms with Gasteiger partial charge in [-0.15, -0.1) is 23.1 Å². The SMILES string of the molecule is CC(Sc1ccc(NC(=O)/C(=C/c2ccc(-c3ccccc3)cc2)NC(=O)c2ccccc2)cc1)C(=O)Nc1nc(-c2ccc(Cl)cc2Cl)cs1. The smallest absolute Gasteiger partial charge is 0.272 e. The van der Waals surface area contributed by atoms with Crippen LogP contribution >= 0.6 is 46.3 Å². The number of halogens is 2. The summed E-state index contributed by atoms with van der Waals surface area (Å²) in [4.78, 5) is 44.9. The standard InChI is InChI=1S/C40H30Cl2N4O3S2/c1-25(37(47)46-40-45-36(24-50-40)33-21-16-30(41)23-34(33)42)51-32-19-17-31(18-20-32)43-39(49)35(44-38(48)29-10-6-3-7-11-29)22-26-12-14-28(15-13-26)27-8-4-2-5-9-27/h2-25H,1H3,(H,43,49)(H,44,48)(H,45,46,47)/b35-22-. The molecule has 0 saturated heterocycles. The van der Waals surface area contributed by atoms with Crippen molar-refractivity contribution < 1.29 is 14.4 Å². The van der Waals surface area contributed by atoms with Crippen molar-refractivity contribution >= 4 is 80.9 Å². The molecule has 11 heteroatoms. The van der Waals surface area contributed by atoms with Crippen molar-refractivity contribution in [1.82, 2.24) is 10.3 Å². The number of hydrogen-bond donors (Lipinski definition) is 3. The summed E-state index contributed by atoms with van der Waals surface area (Å²) >= 11 is 15.0. The number of carbonyl (C=O) groups is 3. The van der Waals surface area contributed by atoms with Crippen LogP contribution < -0.4 is 16.0 Å². The normalized spacial score (nSPS) is 11.8. The number of rotatable bonds is 11. The third kappa shape index (κ3) is 9.53. The quantitative estimate of drug-likeness (QED) is 0.0905. The van der Waals surface area contributed by atoms with Gasteiger partial charge in [0.1, 0.15) is 5.70 Å². The summed E-state index contributed by atoms with van der Waals surface area (Å²) in [6, 6.07) is 38.8. The monoisotopic (exact) mass is 748 g/mol. The summed E-state index contributed by atoms with van der Waals surface area (Å²) in [6.45, 7) is 1.80. The third-order valence-corrected chi connectivity index (χ3v) is 10.0. The highest BCUT2D eigenvalue weighted by molar-refractivity contribution is 8.00. The Bertz CT molecular complexity index is 2190. The van der Waals surface area contributed by atoms with Crippen molar-refractivity contribution in [2.75, 3.05) is 10.6 Å². The van der Waals surface area contributed by atoms with Crippen LogP contribution in [0.4, 0.5) is 10.8 Å². The van der Waals surface area contributed by atoms with Gasteiger partial charge >= 0.3 is 0 Å². The van der Waals surface area contributed by atoms with E-state index in [1.54, 1.807) is 67.6 Å². The fourth-order valence-corrected chi connectivity index (χ4v) is 7.03. The fourth-order valence-electron chi connectivity index (χ4n) is 4.94. The van der Waals surface area contributed by atoms with E-state index in [4.69, 9.17) is 23.2 Å². The van der Waals surface area contributed by atoms with Gasteiger partial charge in [0.15, 0.2) is 5.13 Å². The number of amides is 3. The molecule has 1 atom stereocenters. The molecule has 0 fully saturated rings. The molecule has 0 saturated carbocycles. The van der Waals surface area contributed by atoms with Gasteiger partial charge in [-0.05, 0) is 84.3 Å². The van der Waals surface area contributed by atoms with Crippen molar-refractivity contribution in [3.05, 3.63) is 160 Å². The van der Waals surface area contributed by atoms with Crippen molar-refractivity contribution in [1.29, 1.82) is 0 Å². The molecule has 51 heavy (non-hydrogen) atoms. The zero-order chi connectivity index (χ0) is 35.7. The zero-order valence-electron chi connectivity index (χ0n) is 27.1. The van der Waals surface area contributed by atoms with Gasteiger partial charge < -0.3 is 16.0 Å². The lowest BCUT2D eigenvalue weighted by Gasteiger charge is -2.13. The highest BCUT2D eigenvalue weighted by atomic mass is 35.5. The minimum Gasteiger partial charge on any atom is -0.321 e. The van der Waals surface area contributed by atoms with Gasteiger partial charge in [-0.1, -0.05) is 96.0 Å². The van der Waals surface area contributed by atoms with E-state index >= 15 is 0 Å². The summed E-state index contributed by atoms with van der Waals surface area (Å²) in [7, 11) is 0. The predicted octanol–water partition coefficient (Wildman–Crippen LogP) is 10.3. The molecule has 1 unspecified atom stereocenters. The molecular weight excluding hydrogens is 720 g/mol. The van der Waals surface area contributed by atoms with Crippen LogP contribution in [0.15, 0.2) is 143 Å². The highest BCUT2D eigenvalue weighted by Crippen LogP contribution is 2.33. The van der Waals surface area contributed by atoms with Crippen LogP contribution in [-0.2, 0) is 9.59 Å². The first-order valence-corrected chi connectivity index (χ1v) is 18.3. The maximum atomic E-state index is 13.6. The number of thioether (sulfide) groups is 1. The first-order valence-electron chi connectivity index (χ1n) is 15.8. The molecule has 0 aliphatic carbocycles. The molecule has 3 N–H and O–H groups in total. The first kappa shape index (κ1) is 35.6. The van der Waals surface area contributed by atoms with Gasteiger partial charge in [0.05, 0.1) is 16.0 Å². The number of thiazole rings is 1. The average molecular weight is 750 g/mol. The van der Waals surface area contributed by atoms with E-state index in [0.717, 1.165) is 27.1 Å². The van der Waals surface area contributed by atoms with E-state index in [1.165, 1.54) is 23.1 Å². The zero-order valence-corrected chi connectivity index (χ0v) is 30.2. The number of carbonyl (C=O) groups excluding carboxylic acids is 3. The summed E-state index contributed by atoms with van der Waals surface area (Å²) < 4.78 is 0. The van der Waals surface area contributed by atoms with Crippen LogP contribution in [0.5, 0.6) is 0 Å². The topological polar surface area (TPSA) is 100 Å². The Balaban J connectivity index is 1.10. The van der Waals surface area contributed by atoms with Gasteiger partial charge in [0.25, 0.3) is 11.8 Å². The molecule has 7 nitrogen and oxygen atoms in total. The Hall–Kier alpha value is -5.19. The maximum Gasteiger partial charge on any atom is 0.272 e. The lowest BCUT2D eigenvalue weighted by atomic mass is 10.0. The van der Waals surface area contributed by atoms with Gasteiger partial charge in [0, 0.05) is 32.1 Å².